The molecule has 0 radical (unpaired) electrons. The summed E-state index contributed by atoms with van der Waals surface area (Å²) < 4.78 is 0. The molecular formula is C33H25N3O7. The van der Waals surface area contributed by atoms with Gasteiger partial charge in [0.15, 0.2) is 11.6 Å². The van der Waals surface area contributed by atoms with Crippen molar-refractivity contribution < 1.29 is 34.8 Å². The maximum Gasteiger partial charge on any atom is 0.255 e. The predicted octanol–water partition coefficient (Wildman–Crippen LogP) is 1.93. The zero-order valence-corrected chi connectivity index (χ0v) is 22.7. The number of hydrogen-bond donors (Lipinski definition) is 7. The van der Waals surface area contributed by atoms with Crippen LogP contribution in [-0.4, -0.2) is 61.8 Å². The van der Waals surface area contributed by atoms with Gasteiger partial charge in [-0.1, -0.05) is 23.7 Å². The van der Waals surface area contributed by atoms with Crippen LogP contribution < -0.4 is 16.4 Å². The molecule has 0 saturated carbocycles. The van der Waals surface area contributed by atoms with Crippen molar-refractivity contribution in [2.75, 3.05) is 16.4 Å². The van der Waals surface area contributed by atoms with Gasteiger partial charge in [-0.3, -0.25) is 14.4 Å². The molecule has 10 heteroatoms. The second-order valence-electron chi connectivity index (χ2n) is 10.6. The molecule has 1 aliphatic heterocycles. The van der Waals surface area contributed by atoms with E-state index in [0.717, 1.165) is 0 Å². The van der Waals surface area contributed by atoms with Gasteiger partial charge >= 0.3 is 0 Å². The number of rotatable bonds is 3. The van der Waals surface area contributed by atoms with Gasteiger partial charge in [0.25, 0.3) is 5.91 Å². The monoisotopic (exact) mass is 575 g/mol. The van der Waals surface area contributed by atoms with Gasteiger partial charge in [0.1, 0.15) is 23.5 Å². The molecular weight excluding hydrogens is 550 g/mol. The highest BCUT2D eigenvalue weighted by Gasteiger charge is 2.56. The molecule has 3 aromatic carbocycles. The Morgan fingerprint density at radius 3 is 2.37 bits per heavy atom. The molecule has 8 N–H and O–H groups in total. The maximum atomic E-state index is 14.0. The SMILES string of the molecule is CC(O)[C@]1(O)C2C#C/C=C\C#CC(O)C1c1cc(O)c3c(c1N2)C(=O)c1ccc(NC(=O)c2ccc(N)cc2)cc1C3=O. The Balaban J connectivity index is 1.47. The largest absolute Gasteiger partial charge is 0.507 e. The standard InChI is InChI=1S/C33H25N3O7/c1-16(37)33(43)25-7-5-3-2-4-6-23(38)28(33)22-15-24(39)26-27(29(22)36-25)30(40)20-13-12-19(14-21(20)31(26)41)35-32(42)17-8-10-18(34)11-9-17/h2-3,8-16,23,25,28,36-39,43H,34H2,1H3,(H,35,42)/b3-2-/t16?,23?,25?,28?,33-/m0/s1. The number of nitrogen functional groups attached to an aromatic ring is 1. The Hall–Kier alpha value is -5.39. The number of allylic oxidation sites excluding steroid dienone is 2. The van der Waals surface area contributed by atoms with Crippen LogP contribution >= 0.6 is 0 Å². The molecule has 2 bridgehead atoms. The highest BCUT2D eigenvalue weighted by Crippen LogP contribution is 2.50. The van der Waals surface area contributed by atoms with Crippen molar-refractivity contribution in [2.45, 2.75) is 36.7 Å². The summed E-state index contributed by atoms with van der Waals surface area (Å²) in [6, 6.07) is 10.5. The predicted molar refractivity (Wildman–Crippen MR) is 158 cm³/mol. The fourth-order valence-electron chi connectivity index (χ4n) is 5.86. The van der Waals surface area contributed by atoms with E-state index in [1.54, 1.807) is 24.3 Å². The van der Waals surface area contributed by atoms with E-state index in [9.17, 15) is 34.8 Å². The number of phenolic OH excluding ortho intramolecular Hbond substituents is 1. The number of nitrogens with one attached hydrogen (secondary N) is 2. The van der Waals surface area contributed by atoms with Gasteiger partial charge in [0.2, 0.25) is 0 Å². The lowest BCUT2D eigenvalue weighted by atomic mass is 9.66. The number of carbonyl (C=O) groups excluding carboxylic acids is 3. The number of nitrogens with two attached hydrogens (primary N) is 1. The number of benzene rings is 3. The zero-order valence-electron chi connectivity index (χ0n) is 22.7. The number of aliphatic hydroxyl groups is 3. The van der Waals surface area contributed by atoms with Crippen molar-refractivity contribution in [3.05, 3.63) is 94.1 Å². The molecule has 1 heterocycles. The van der Waals surface area contributed by atoms with Gasteiger partial charge in [-0.05, 0) is 73.2 Å². The van der Waals surface area contributed by atoms with E-state index < -0.39 is 53.0 Å². The lowest BCUT2D eigenvalue weighted by Crippen LogP contribution is -2.62. The normalized spacial score (nSPS) is 24.3. The Kier molecular flexibility index (Phi) is 6.56. The average Bonchev–Trinajstić information content (AvgIpc) is 2.97. The van der Waals surface area contributed by atoms with Gasteiger partial charge < -0.3 is 36.8 Å². The van der Waals surface area contributed by atoms with E-state index >= 15 is 0 Å². The second-order valence-corrected chi connectivity index (χ2v) is 10.6. The first-order valence-corrected chi connectivity index (χ1v) is 13.3. The highest BCUT2D eigenvalue weighted by molar-refractivity contribution is 6.31. The van der Waals surface area contributed by atoms with Crippen LogP contribution in [0.2, 0.25) is 0 Å². The first-order valence-electron chi connectivity index (χ1n) is 13.3. The fraction of sp³-hybridized carbons (Fsp3) is 0.182. The third kappa shape index (κ3) is 4.33. The number of fused-ring (bicyclic) bond motifs is 7. The van der Waals surface area contributed by atoms with Crippen LogP contribution in [0.3, 0.4) is 0 Å². The molecule has 2 aliphatic carbocycles. The van der Waals surface area contributed by atoms with Gasteiger partial charge in [-0.25, -0.2) is 0 Å². The summed E-state index contributed by atoms with van der Waals surface area (Å²) in [7, 11) is 0. The third-order valence-electron chi connectivity index (χ3n) is 8.01. The number of carbonyl (C=O) groups is 3. The third-order valence-corrected chi connectivity index (χ3v) is 8.01. The average molecular weight is 576 g/mol. The van der Waals surface area contributed by atoms with E-state index in [1.807, 2.05) is 0 Å². The molecule has 3 aliphatic rings. The first-order chi connectivity index (χ1) is 20.5. The van der Waals surface area contributed by atoms with Crippen LogP contribution in [0.1, 0.15) is 60.6 Å². The molecule has 10 nitrogen and oxygen atoms in total. The summed E-state index contributed by atoms with van der Waals surface area (Å²) in [5, 5.41) is 50.5. The Bertz CT molecular complexity index is 1890. The van der Waals surface area contributed by atoms with Crippen molar-refractivity contribution in [3.8, 4) is 29.4 Å². The Morgan fingerprint density at radius 2 is 1.67 bits per heavy atom. The molecule has 1 amide bonds. The Labute approximate surface area is 245 Å². The minimum Gasteiger partial charge on any atom is -0.507 e. The summed E-state index contributed by atoms with van der Waals surface area (Å²) in [4.78, 5) is 40.5. The molecule has 5 atom stereocenters. The van der Waals surface area contributed by atoms with E-state index in [0.29, 0.717) is 11.3 Å². The van der Waals surface area contributed by atoms with Crippen molar-refractivity contribution in [1.82, 2.24) is 0 Å². The van der Waals surface area contributed by atoms with Crippen molar-refractivity contribution in [3.63, 3.8) is 0 Å². The van der Waals surface area contributed by atoms with Crippen LogP contribution in [0.15, 0.2) is 60.7 Å². The van der Waals surface area contributed by atoms with Crippen LogP contribution in [0.25, 0.3) is 0 Å². The number of aliphatic hydroxyl groups excluding tert-OH is 2. The molecule has 0 saturated heterocycles. The van der Waals surface area contributed by atoms with E-state index in [4.69, 9.17) is 5.73 Å². The van der Waals surface area contributed by atoms with Crippen molar-refractivity contribution in [2.24, 2.45) is 0 Å². The van der Waals surface area contributed by atoms with Crippen LogP contribution in [0.5, 0.6) is 5.75 Å². The summed E-state index contributed by atoms with van der Waals surface area (Å²) in [6.45, 7) is 1.34. The van der Waals surface area contributed by atoms with Gasteiger partial charge in [0, 0.05) is 28.1 Å². The van der Waals surface area contributed by atoms with Crippen LogP contribution in [0.4, 0.5) is 17.1 Å². The lowest BCUT2D eigenvalue weighted by molar-refractivity contribution is -0.107. The quantitative estimate of drug-likeness (QED) is 0.109. The fourth-order valence-corrected chi connectivity index (χ4v) is 5.86. The molecule has 6 rings (SSSR count). The molecule has 0 aromatic heterocycles. The van der Waals surface area contributed by atoms with Gasteiger partial charge in [-0.15, -0.1) is 0 Å². The minimum absolute atomic E-state index is 0.0255. The van der Waals surface area contributed by atoms with Crippen LogP contribution in [0, 0.1) is 23.7 Å². The highest BCUT2D eigenvalue weighted by atomic mass is 16.3. The number of aromatic hydroxyl groups is 1. The van der Waals surface area contributed by atoms with Crippen LogP contribution in [-0.2, 0) is 0 Å². The van der Waals surface area contributed by atoms with E-state index in [2.05, 4.69) is 34.3 Å². The minimum atomic E-state index is -2.10. The van der Waals surface area contributed by atoms with E-state index in [1.165, 1.54) is 43.3 Å². The van der Waals surface area contributed by atoms with Gasteiger partial charge in [-0.2, -0.15) is 0 Å². The lowest BCUT2D eigenvalue weighted by Gasteiger charge is -2.48. The smallest absolute Gasteiger partial charge is 0.255 e. The first kappa shape index (κ1) is 27.8. The summed E-state index contributed by atoms with van der Waals surface area (Å²) >= 11 is 0. The molecule has 3 aromatic rings. The van der Waals surface area contributed by atoms with Crippen molar-refractivity contribution in [1.29, 1.82) is 0 Å². The number of phenols is 1. The van der Waals surface area contributed by atoms with E-state index in [-0.39, 0.29) is 39.2 Å². The maximum absolute atomic E-state index is 14.0. The molecule has 0 fully saturated rings. The number of anilines is 3. The number of amides is 1. The Morgan fingerprint density at radius 1 is 1.00 bits per heavy atom. The summed E-state index contributed by atoms with van der Waals surface area (Å²) in [6.07, 6.45) is -0.134. The van der Waals surface area contributed by atoms with Crippen molar-refractivity contribution >= 4 is 34.5 Å². The molecule has 214 valence electrons. The molecule has 4 unspecified atom stereocenters. The summed E-state index contributed by atoms with van der Waals surface area (Å²) in [5.74, 6) is 7.18. The molecule has 0 spiro atoms. The number of ketones is 2. The number of hydrogen-bond acceptors (Lipinski definition) is 9. The van der Waals surface area contributed by atoms with Gasteiger partial charge in [0.05, 0.1) is 28.8 Å². The second kappa shape index (κ2) is 10.2. The zero-order chi connectivity index (χ0) is 30.6. The molecule has 43 heavy (non-hydrogen) atoms. The summed E-state index contributed by atoms with van der Waals surface area (Å²) in [5.41, 5.74) is 4.38. The topological polar surface area (TPSA) is 182 Å².